The van der Waals surface area contributed by atoms with Gasteiger partial charge in [-0.05, 0) is 24.3 Å². The van der Waals surface area contributed by atoms with Crippen LogP contribution in [0, 0.1) is 12.4 Å². The molecule has 0 aliphatic heterocycles. The highest BCUT2D eigenvalue weighted by molar-refractivity contribution is 7.23. The second-order valence-electron chi connectivity index (χ2n) is 5.11. The summed E-state index contributed by atoms with van der Waals surface area (Å²) < 4.78 is 20.1. The molecule has 1 N–H and O–H groups in total. The molecule has 25 heavy (non-hydrogen) atoms. The molecule has 122 valence electrons. The Bertz CT molecular complexity index is 1150. The first-order chi connectivity index (χ1) is 12.2. The molecule has 8 heteroatoms. The Hall–Kier alpha value is -3.31. The van der Waals surface area contributed by atoms with Gasteiger partial charge in [0.2, 0.25) is 0 Å². The first kappa shape index (κ1) is 15.2. The lowest BCUT2D eigenvalue weighted by Gasteiger charge is -2.10. The van der Waals surface area contributed by atoms with Crippen LogP contribution in [0.4, 0.5) is 21.0 Å². The second kappa shape index (κ2) is 5.96. The van der Waals surface area contributed by atoms with Gasteiger partial charge >= 0.3 is 5.13 Å². The molecule has 0 aliphatic carbocycles. The van der Waals surface area contributed by atoms with Gasteiger partial charge in [-0.25, -0.2) is 14.4 Å². The molecular weight excluding hydrogens is 341 g/mol. The average Bonchev–Trinajstić information content (AvgIpc) is 3.07. The number of rotatable bonds is 3. The summed E-state index contributed by atoms with van der Waals surface area (Å²) in [7, 11) is 1.48. The predicted octanol–water partition coefficient (Wildman–Crippen LogP) is 4.68. The summed E-state index contributed by atoms with van der Waals surface area (Å²) in [4.78, 5) is 16.2. The number of ether oxygens (including phenoxy) is 1. The van der Waals surface area contributed by atoms with Crippen molar-refractivity contribution in [2.75, 3.05) is 12.4 Å². The highest BCUT2D eigenvalue weighted by atomic mass is 32.1. The van der Waals surface area contributed by atoms with Gasteiger partial charge < -0.3 is 14.9 Å². The van der Waals surface area contributed by atoms with Gasteiger partial charge in [0.1, 0.15) is 23.7 Å². The van der Waals surface area contributed by atoms with Crippen molar-refractivity contribution in [2.24, 2.45) is 0 Å². The number of methoxy groups -OCH3 is 1. The highest BCUT2D eigenvalue weighted by Crippen LogP contribution is 2.37. The number of thiazole rings is 1. The van der Waals surface area contributed by atoms with Crippen molar-refractivity contribution >= 4 is 49.1 Å². The van der Waals surface area contributed by atoms with E-state index in [-0.39, 0.29) is 5.69 Å². The fourth-order valence-corrected chi connectivity index (χ4v) is 3.41. The minimum atomic E-state index is -0.454. The normalized spacial score (nSPS) is 10.8. The van der Waals surface area contributed by atoms with E-state index in [2.05, 4.69) is 25.1 Å². The molecule has 2 heterocycles. The Labute approximate surface area is 145 Å². The highest BCUT2D eigenvalue weighted by Gasteiger charge is 2.15. The number of nitrogens with zero attached hydrogens (tertiary/aromatic N) is 4. The maximum atomic E-state index is 14.3. The molecule has 2 aromatic carbocycles. The Morgan fingerprint density at radius 2 is 2.04 bits per heavy atom. The van der Waals surface area contributed by atoms with Crippen LogP contribution >= 0.6 is 11.3 Å². The maximum Gasteiger partial charge on any atom is 0.330 e. The van der Waals surface area contributed by atoms with E-state index in [1.807, 2.05) is 12.1 Å². The third kappa shape index (κ3) is 2.60. The molecule has 4 aromatic rings. The monoisotopic (exact) mass is 351 g/mol. The molecule has 6 nitrogen and oxygen atoms in total. The van der Waals surface area contributed by atoms with Gasteiger partial charge in [0, 0.05) is 6.07 Å². The SMILES string of the molecule is [C-]#[N+]c1nc2ccc3ncnc(Nc4ccc(OC)cc4F)c3c2s1. The number of aromatic nitrogens is 3. The van der Waals surface area contributed by atoms with Crippen LogP contribution in [0.2, 0.25) is 0 Å². The molecule has 0 atom stereocenters. The molecule has 0 radical (unpaired) electrons. The first-order valence-corrected chi connectivity index (χ1v) is 8.03. The van der Waals surface area contributed by atoms with Gasteiger partial charge in [-0.2, -0.15) is 0 Å². The number of hydrogen-bond donors (Lipinski definition) is 1. The summed E-state index contributed by atoms with van der Waals surface area (Å²) in [6, 6.07) is 8.16. The van der Waals surface area contributed by atoms with Crippen LogP contribution in [0.5, 0.6) is 5.75 Å². The quantitative estimate of drug-likeness (QED) is 0.543. The Balaban J connectivity index is 1.90. The summed E-state index contributed by atoms with van der Waals surface area (Å²) in [6.07, 6.45) is 1.41. The molecule has 0 saturated carbocycles. The molecule has 0 aliphatic rings. The van der Waals surface area contributed by atoms with E-state index in [0.717, 1.165) is 4.70 Å². The van der Waals surface area contributed by atoms with Gasteiger partial charge in [-0.1, -0.05) is 6.57 Å². The van der Waals surface area contributed by atoms with E-state index in [4.69, 9.17) is 11.3 Å². The number of halogens is 1. The average molecular weight is 351 g/mol. The summed E-state index contributed by atoms with van der Waals surface area (Å²) in [5.41, 5.74) is 1.66. The van der Waals surface area contributed by atoms with Gasteiger partial charge in [-0.3, -0.25) is 0 Å². The van der Waals surface area contributed by atoms with Crippen LogP contribution in [0.1, 0.15) is 0 Å². The fraction of sp³-hybridized carbons (Fsp3) is 0.0588. The third-order valence-corrected chi connectivity index (χ3v) is 4.65. The molecular formula is C17H10FN5OS. The van der Waals surface area contributed by atoms with Gasteiger partial charge in [0.15, 0.2) is 5.52 Å². The van der Waals surface area contributed by atoms with Crippen molar-refractivity contribution in [3.8, 4) is 5.75 Å². The lowest BCUT2D eigenvalue weighted by Crippen LogP contribution is -1.98. The third-order valence-electron chi connectivity index (χ3n) is 3.67. The predicted molar refractivity (Wildman–Crippen MR) is 95.2 cm³/mol. The summed E-state index contributed by atoms with van der Waals surface area (Å²) >= 11 is 1.26. The molecule has 0 bridgehead atoms. The van der Waals surface area contributed by atoms with E-state index in [0.29, 0.717) is 33.1 Å². The van der Waals surface area contributed by atoms with Crippen LogP contribution in [0.15, 0.2) is 36.7 Å². The van der Waals surface area contributed by atoms with Crippen LogP contribution in [-0.2, 0) is 0 Å². The van der Waals surface area contributed by atoms with Crippen molar-refractivity contribution in [2.45, 2.75) is 0 Å². The van der Waals surface area contributed by atoms with E-state index in [1.54, 1.807) is 12.1 Å². The molecule has 2 aromatic heterocycles. The number of benzene rings is 2. The smallest absolute Gasteiger partial charge is 0.330 e. The minimum absolute atomic E-state index is 0.271. The standard InChI is InChI=1S/C17H10FN5OS/c1-19-17-23-13-6-5-12-14(15(13)25-17)16(21-8-20-12)22-11-4-3-9(24-2)7-10(11)18/h3-8H,2H3,(H,20,21,22). The number of fused-ring (bicyclic) bond motifs is 3. The maximum absolute atomic E-state index is 14.3. The van der Waals surface area contributed by atoms with E-state index in [1.165, 1.54) is 30.8 Å². The number of hydrogen-bond acceptors (Lipinski definition) is 6. The zero-order valence-electron chi connectivity index (χ0n) is 12.9. The van der Waals surface area contributed by atoms with E-state index >= 15 is 0 Å². The van der Waals surface area contributed by atoms with Gasteiger partial charge in [0.25, 0.3) is 0 Å². The zero-order valence-corrected chi connectivity index (χ0v) is 13.8. The molecule has 0 unspecified atom stereocenters. The molecule has 0 amide bonds. The van der Waals surface area contributed by atoms with Crippen molar-refractivity contribution in [3.05, 3.63) is 53.9 Å². The molecule has 0 spiro atoms. The first-order valence-electron chi connectivity index (χ1n) is 7.22. The summed E-state index contributed by atoms with van der Waals surface area (Å²) in [5.74, 6) is 0.437. The van der Waals surface area contributed by atoms with Crippen LogP contribution < -0.4 is 10.1 Å². The zero-order chi connectivity index (χ0) is 17.4. The van der Waals surface area contributed by atoms with Crippen LogP contribution in [0.3, 0.4) is 0 Å². The molecule has 0 fully saturated rings. The van der Waals surface area contributed by atoms with E-state index < -0.39 is 5.82 Å². The van der Waals surface area contributed by atoms with E-state index in [9.17, 15) is 4.39 Å². The topological polar surface area (TPSA) is 64.3 Å². The largest absolute Gasteiger partial charge is 0.497 e. The minimum Gasteiger partial charge on any atom is -0.497 e. The van der Waals surface area contributed by atoms with Crippen molar-refractivity contribution < 1.29 is 9.13 Å². The number of anilines is 2. The Morgan fingerprint density at radius 1 is 1.20 bits per heavy atom. The second-order valence-corrected chi connectivity index (χ2v) is 6.09. The van der Waals surface area contributed by atoms with Crippen molar-refractivity contribution in [1.82, 2.24) is 15.0 Å². The lowest BCUT2D eigenvalue weighted by atomic mass is 10.2. The molecule has 4 rings (SSSR count). The lowest BCUT2D eigenvalue weighted by molar-refractivity contribution is 0.411. The Morgan fingerprint density at radius 3 is 2.80 bits per heavy atom. The summed E-state index contributed by atoms with van der Waals surface area (Å²) in [6.45, 7) is 7.15. The summed E-state index contributed by atoms with van der Waals surface area (Å²) in [5, 5.41) is 4.06. The van der Waals surface area contributed by atoms with Crippen LogP contribution in [-0.4, -0.2) is 22.1 Å². The van der Waals surface area contributed by atoms with Crippen molar-refractivity contribution in [1.29, 1.82) is 0 Å². The van der Waals surface area contributed by atoms with Crippen LogP contribution in [0.25, 0.3) is 26.0 Å². The van der Waals surface area contributed by atoms with Gasteiger partial charge in [-0.15, -0.1) is 16.3 Å². The van der Waals surface area contributed by atoms with Crippen molar-refractivity contribution in [3.63, 3.8) is 0 Å². The fourth-order valence-electron chi connectivity index (χ4n) is 2.51. The van der Waals surface area contributed by atoms with Gasteiger partial charge in [0.05, 0.1) is 28.4 Å². The Kier molecular flexibility index (Phi) is 3.63. The number of nitrogens with one attached hydrogen (secondary N) is 1. The molecule has 0 saturated heterocycles.